The van der Waals surface area contributed by atoms with Crippen LogP contribution in [-0.2, 0) is 10.5 Å². The van der Waals surface area contributed by atoms with Crippen LogP contribution in [0.1, 0.15) is 22.9 Å². The number of hydrazine groups is 1. The highest BCUT2D eigenvalue weighted by atomic mass is 35.5. The number of benzene rings is 1. The summed E-state index contributed by atoms with van der Waals surface area (Å²) in [7, 11) is 0. The van der Waals surface area contributed by atoms with E-state index >= 15 is 0 Å². The highest BCUT2D eigenvalue weighted by Crippen LogP contribution is 2.33. The van der Waals surface area contributed by atoms with Crippen molar-refractivity contribution in [2.24, 2.45) is 5.10 Å². The van der Waals surface area contributed by atoms with E-state index in [0.29, 0.717) is 0 Å². The summed E-state index contributed by atoms with van der Waals surface area (Å²) in [6.07, 6.45) is 0.743. The van der Waals surface area contributed by atoms with Crippen molar-refractivity contribution in [2.45, 2.75) is 24.3 Å². The molecule has 24 heavy (non-hydrogen) atoms. The lowest BCUT2D eigenvalue weighted by Gasteiger charge is -2.29. The van der Waals surface area contributed by atoms with Crippen LogP contribution in [0.15, 0.2) is 46.9 Å². The van der Waals surface area contributed by atoms with Crippen molar-refractivity contribution >= 4 is 45.8 Å². The maximum Gasteiger partial charge on any atom is 0.264 e. The average molecular weight is 379 g/mol. The lowest BCUT2D eigenvalue weighted by atomic mass is 10.1. The number of halogens is 1. The quantitative estimate of drug-likeness (QED) is 0.859. The van der Waals surface area contributed by atoms with Gasteiger partial charge in [0.2, 0.25) is 0 Å². The number of hydrazone groups is 1. The number of carbonyl (C=O) groups is 1. The molecule has 1 aromatic heterocycles. The Hall–Kier alpha value is -1.54. The molecule has 2 N–H and O–H groups in total. The van der Waals surface area contributed by atoms with Crippen LogP contribution < -0.4 is 10.9 Å². The molecule has 2 aliphatic rings. The average Bonchev–Trinajstić information content (AvgIpc) is 3.25. The van der Waals surface area contributed by atoms with E-state index in [2.05, 4.69) is 27.4 Å². The van der Waals surface area contributed by atoms with Gasteiger partial charge in [-0.3, -0.25) is 9.80 Å². The molecule has 5 nitrogen and oxygen atoms in total. The first kappa shape index (κ1) is 16.0. The van der Waals surface area contributed by atoms with Gasteiger partial charge in [0.1, 0.15) is 6.04 Å². The third kappa shape index (κ3) is 3.17. The monoisotopic (exact) mass is 378 g/mol. The Morgan fingerprint density at radius 3 is 2.92 bits per heavy atom. The van der Waals surface area contributed by atoms with Gasteiger partial charge >= 0.3 is 0 Å². The maximum atomic E-state index is 12.1. The van der Waals surface area contributed by atoms with Crippen LogP contribution in [0.4, 0.5) is 0 Å². The van der Waals surface area contributed by atoms with Gasteiger partial charge in [0, 0.05) is 22.1 Å². The van der Waals surface area contributed by atoms with Gasteiger partial charge < -0.3 is 0 Å². The smallest absolute Gasteiger partial charge is 0.264 e. The second-order valence-electron chi connectivity index (χ2n) is 5.60. The Bertz CT molecular complexity index is 763. The van der Waals surface area contributed by atoms with Crippen LogP contribution in [-0.4, -0.2) is 22.1 Å². The molecule has 0 spiro atoms. The summed E-state index contributed by atoms with van der Waals surface area (Å²) < 4.78 is 0. The number of nitrogens with one attached hydrogen (secondary N) is 2. The van der Waals surface area contributed by atoms with E-state index in [-0.39, 0.29) is 18.0 Å². The molecular weight excluding hydrogens is 364 g/mol. The van der Waals surface area contributed by atoms with Crippen molar-refractivity contribution in [1.29, 1.82) is 0 Å². The van der Waals surface area contributed by atoms with E-state index in [0.717, 1.165) is 27.9 Å². The molecule has 1 aromatic carbocycles. The number of thioether (sulfide) groups is 1. The van der Waals surface area contributed by atoms with E-state index in [4.69, 9.17) is 11.6 Å². The Balaban J connectivity index is 1.47. The number of hydrogen-bond acceptors (Lipinski definition) is 6. The van der Waals surface area contributed by atoms with Crippen LogP contribution in [0.2, 0.25) is 5.02 Å². The van der Waals surface area contributed by atoms with Gasteiger partial charge in [-0.1, -0.05) is 41.6 Å². The third-order valence-electron chi connectivity index (χ3n) is 4.00. The topological polar surface area (TPSA) is 56.7 Å². The molecule has 1 saturated heterocycles. The van der Waals surface area contributed by atoms with E-state index in [1.54, 1.807) is 23.1 Å². The van der Waals surface area contributed by atoms with E-state index in [1.165, 1.54) is 4.88 Å². The first-order valence-electron chi connectivity index (χ1n) is 7.54. The first-order chi connectivity index (χ1) is 11.7. The highest BCUT2D eigenvalue weighted by molar-refractivity contribution is 8.13. The molecule has 0 saturated carbocycles. The number of amidine groups is 1. The minimum atomic E-state index is -0.220. The molecule has 1 amide bonds. The predicted molar refractivity (Wildman–Crippen MR) is 98.8 cm³/mol. The molecule has 0 radical (unpaired) electrons. The molecule has 2 aliphatic heterocycles. The Labute approximate surface area is 153 Å². The van der Waals surface area contributed by atoms with Crippen molar-refractivity contribution in [3.63, 3.8) is 0 Å². The number of hydrogen-bond donors (Lipinski definition) is 2. The van der Waals surface area contributed by atoms with Crippen molar-refractivity contribution in [1.82, 2.24) is 15.9 Å². The summed E-state index contributed by atoms with van der Waals surface area (Å²) >= 11 is 9.21. The van der Waals surface area contributed by atoms with Crippen LogP contribution in [0.5, 0.6) is 0 Å². The largest absolute Gasteiger partial charge is 0.272 e. The van der Waals surface area contributed by atoms with Gasteiger partial charge in [-0.15, -0.1) is 16.4 Å². The third-order valence-corrected chi connectivity index (χ3v) is 6.27. The van der Waals surface area contributed by atoms with Gasteiger partial charge in [0.25, 0.3) is 5.91 Å². The number of carbonyl (C=O) groups excluding carboxylic acids is 1. The lowest BCUT2D eigenvalue weighted by Crippen LogP contribution is -2.52. The van der Waals surface area contributed by atoms with Crippen molar-refractivity contribution in [3.05, 3.63) is 57.2 Å². The summed E-state index contributed by atoms with van der Waals surface area (Å²) in [5.41, 5.74) is 7.24. The van der Waals surface area contributed by atoms with Crippen molar-refractivity contribution in [3.8, 4) is 0 Å². The molecule has 3 heterocycles. The molecule has 124 valence electrons. The zero-order valence-corrected chi connectivity index (χ0v) is 15.0. The van der Waals surface area contributed by atoms with Gasteiger partial charge in [-0.05, 0) is 29.1 Å². The Kier molecular flexibility index (Phi) is 4.49. The minimum Gasteiger partial charge on any atom is -0.272 e. The SMILES string of the molecule is O=C1NN=C(SCc2ccc(Cl)cc2)N2NC(c3cccs3)CC12. The summed E-state index contributed by atoms with van der Waals surface area (Å²) in [5.74, 6) is 0.706. The zero-order chi connectivity index (χ0) is 16.5. The summed E-state index contributed by atoms with van der Waals surface area (Å²) in [6, 6.07) is 11.8. The number of fused-ring (bicyclic) bond motifs is 1. The standard InChI is InChI=1S/C16H15ClN4OS2/c17-11-5-3-10(4-6-11)9-24-16-19-18-15(22)13-8-12(20-21(13)16)14-2-1-7-23-14/h1-7,12-13,20H,8-9H2,(H,18,22). The number of nitrogens with zero attached hydrogens (tertiary/aromatic N) is 2. The van der Waals surface area contributed by atoms with Gasteiger partial charge in [-0.25, -0.2) is 10.9 Å². The molecular formula is C16H15ClN4OS2. The maximum absolute atomic E-state index is 12.1. The second kappa shape index (κ2) is 6.76. The number of thiophene rings is 1. The molecule has 0 aliphatic carbocycles. The van der Waals surface area contributed by atoms with Gasteiger partial charge in [-0.2, -0.15) is 0 Å². The van der Waals surface area contributed by atoms with Gasteiger partial charge in [0.15, 0.2) is 5.17 Å². The van der Waals surface area contributed by atoms with E-state index < -0.39 is 0 Å². The molecule has 2 unspecified atom stereocenters. The summed E-state index contributed by atoms with van der Waals surface area (Å²) in [6.45, 7) is 0. The Morgan fingerprint density at radius 1 is 1.33 bits per heavy atom. The predicted octanol–water partition coefficient (Wildman–Crippen LogP) is 3.36. The molecule has 2 aromatic rings. The van der Waals surface area contributed by atoms with E-state index in [1.807, 2.05) is 35.3 Å². The fourth-order valence-electron chi connectivity index (χ4n) is 2.78. The highest BCUT2D eigenvalue weighted by Gasteiger charge is 2.42. The summed E-state index contributed by atoms with van der Waals surface area (Å²) in [5, 5.41) is 9.70. The Morgan fingerprint density at radius 2 is 2.17 bits per heavy atom. The minimum absolute atomic E-state index is 0.0580. The van der Waals surface area contributed by atoms with Crippen molar-refractivity contribution < 1.29 is 4.79 Å². The zero-order valence-electron chi connectivity index (χ0n) is 12.6. The van der Waals surface area contributed by atoms with Crippen LogP contribution in [0.25, 0.3) is 0 Å². The molecule has 0 bridgehead atoms. The fourth-order valence-corrected chi connectivity index (χ4v) is 4.61. The molecule has 4 rings (SSSR count). The molecule has 1 fully saturated rings. The lowest BCUT2D eigenvalue weighted by molar-refractivity contribution is -0.125. The first-order valence-corrected chi connectivity index (χ1v) is 9.78. The second-order valence-corrected chi connectivity index (χ2v) is 7.96. The fraction of sp³-hybridized carbons (Fsp3) is 0.250. The van der Waals surface area contributed by atoms with Crippen LogP contribution in [0, 0.1) is 0 Å². The molecule has 2 atom stereocenters. The summed E-state index contributed by atoms with van der Waals surface area (Å²) in [4.78, 5) is 13.4. The van der Waals surface area contributed by atoms with Crippen LogP contribution in [0.3, 0.4) is 0 Å². The number of rotatable bonds is 3. The normalized spacial score (nSPS) is 23.0. The number of amides is 1. The van der Waals surface area contributed by atoms with Crippen LogP contribution >= 0.6 is 34.7 Å². The van der Waals surface area contributed by atoms with Gasteiger partial charge in [0.05, 0.1) is 6.04 Å². The molecule has 8 heteroatoms. The van der Waals surface area contributed by atoms with E-state index in [9.17, 15) is 4.79 Å². The van der Waals surface area contributed by atoms with Crippen molar-refractivity contribution in [2.75, 3.05) is 0 Å².